The van der Waals surface area contributed by atoms with E-state index in [2.05, 4.69) is 24.1 Å². The Labute approximate surface area is 155 Å². The van der Waals surface area contributed by atoms with E-state index in [0.29, 0.717) is 18.7 Å². The Balaban J connectivity index is 1.41. The molecule has 1 unspecified atom stereocenters. The number of rotatable bonds is 7. The van der Waals surface area contributed by atoms with E-state index in [9.17, 15) is 4.79 Å². The van der Waals surface area contributed by atoms with Crippen LogP contribution in [0.25, 0.3) is 0 Å². The molecule has 2 aliphatic heterocycles. The largest absolute Gasteiger partial charge is 0.491 e. The van der Waals surface area contributed by atoms with Gasteiger partial charge in [0.2, 0.25) is 0 Å². The van der Waals surface area contributed by atoms with E-state index < -0.39 is 0 Å². The van der Waals surface area contributed by atoms with Crippen LogP contribution in [-0.4, -0.2) is 68.5 Å². The molecule has 6 nitrogen and oxygen atoms in total. The molecule has 26 heavy (non-hydrogen) atoms. The van der Waals surface area contributed by atoms with Gasteiger partial charge in [-0.15, -0.1) is 0 Å². The fraction of sp³-hybridized carbons (Fsp3) is 0.650. The summed E-state index contributed by atoms with van der Waals surface area (Å²) in [6.07, 6.45) is 2.36. The van der Waals surface area contributed by atoms with Crippen molar-refractivity contribution in [2.75, 3.05) is 46.1 Å². The fourth-order valence-electron chi connectivity index (χ4n) is 3.38. The lowest BCUT2D eigenvalue weighted by atomic mass is 10.0. The molecule has 2 heterocycles. The lowest BCUT2D eigenvalue weighted by Crippen LogP contribution is -2.54. The Kier molecular flexibility index (Phi) is 6.51. The van der Waals surface area contributed by atoms with Gasteiger partial charge >= 0.3 is 0 Å². The van der Waals surface area contributed by atoms with E-state index in [4.69, 9.17) is 14.2 Å². The Bertz CT molecular complexity index is 582. The van der Waals surface area contributed by atoms with Gasteiger partial charge in [0.25, 0.3) is 5.91 Å². The minimum atomic E-state index is -0.0539. The van der Waals surface area contributed by atoms with Crippen LogP contribution in [0.3, 0.4) is 0 Å². The molecule has 0 bridgehead atoms. The molecule has 0 radical (unpaired) electrons. The topological polar surface area (TPSA) is 60.0 Å². The quantitative estimate of drug-likeness (QED) is 0.805. The van der Waals surface area contributed by atoms with Gasteiger partial charge < -0.3 is 19.5 Å². The highest BCUT2D eigenvalue weighted by Crippen LogP contribution is 2.18. The zero-order valence-corrected chi connectivity index (χ0v) is 15.8. The van der Waals surface area contributed by atoms with E-state index in [0.717, 1.165) is 51.5 Å². The summed E-state index contributed by atoms with van der Waals surface area (Å²) >= 11 is 0. The van der Waals surface area contributed by atoms with Crippen LogP contribution in [0.1, 0.15) is 37.0 Å². The summed E-state index contributed by atoms with van der Waals surface area (Å²) in [4.78, 5) is 14.7. The van der Waals surface area contributed by atoms with Crippen LogP contribution in [0.4, 0.5) is 0 Å². The van der Waals surface area contributed by atoms with E-state index in [1.54, 1.807) is 12.1 Å². The van der Waals surface area contributed by atoms with Gasteiger partial charge in [0.1, 0.15) is 12.4 Å². The van der Waals surface area contributed by atoms with Crippen LogP contribution in [-0.2, 0) is 9.47 Å². The molecule has 0 spiro atoms. The van der Waals surface area contributed by atoms with Crippen LogP contribution in [0.5, 0.6) is 5.75 Å². The Morgan fingerprint density at radius 3 is 2.81 bits per heavy atom. The molecule has 2 aliphatic rings. The molecule has 0 aliphatic carbocycles. The normalized spacial score (nSPS) is 22.9. The van der Waals surface area contributed by atoms with E-state index in [1.165, 1.54) is 0 Å². The summed E-state index contributed by atoms with van der Waals surface area (Å²) in [6.45, 7) is 9.57. The fourth-order valence-corrected chi connectivity index (χ4v) is 3.38. The van der Waals surface area contributed by atoms with Crippen molar-refractivity contribution in [3.63, 3.8) is 0 Å². The lowest BCUT2D eigenvalue weighted by molar-refractivity contribution is -0.0498. The molecule has 1 amide bonds. The van der Waals surface area contributed by atoms with Crippen molar-refractivity contribution < 1.29 is 19.0 Å². The average Bonchev–Trinajstić information content (AvgIpc) is 3.15. The zero-order valence-electron chi connectivity index (χ0n) is 15.8. The SMILES string of the molecule is CC1(C)COCCN1CCNC(=O)c1ccc(OCC2CCCO2)cc1. The van der Waals surface area contributed by atoms with Crippen molar-refractivity contribution in [2.24, 2.45) is 0 Å². The van der Waals surface area contributed by atoms with Gasteiger partial charge in [-0.1, -0.05) is 0 Å². The molecule has 2 saturated heterocycles. The number of amides is 1. The van der Waals surface area contributed by atoms with Gasteiger partial charge in [-0.05, 0) is 51.0 Å². The molecule has 6 heteroatoms. The molecule has 3 rings (SSSR count). The Hall–Kier alpha value is -1.63. The number of morpholine rings is 1. The molecule has 1 atom stereocenters. The molecule has 2 fully saturated rings. The predicted octanol–water partition coefficient (Wildman–Crippen LogP) is 2.08. The molecule has 0 saturated carbocycles. The van der Waals surface area contributed by atoms with E-state index in [-0.39, 0.29) is 17.6 Å². The van der Waals surface area contributed by atoms with Crippen molar-refractivity contribution in [2.45, 2.75) is 38.3 Å². The number of hydrogen-bond donors (Lipinski definition) is 1. The molecular formula is C20H30N2O4. The van der Waals surface area contributed by atoms with Gasteiger partial charge in [-0.25, -0.2) is 0 Å². The second-order valence-electron chi connectivity index (χ2n) is 7.58. The third-order valence-electron chi connectivity index (χ3n) is 5.06. The Morgan fingerprint density at radius 1 is 1.31 bits per heavy atom. The number of nitrogens with zero attached hydrogens (tertiary/aromatic N) is 1. The maximum atomic E-state index is 12.3. The lowest BCUT2D eigenvalue weighted by Gasteiger charge is -2.42. The monoisotopic (exact) mass is 362 g/mol. The number of carbonyl (C=O) groups excluding carboxylic acids is 1. The number of carbonyl (C=O) groups is 1. The number of hydrogen-bond acceptors (Lipinski definition) is 5. The summed E-state index contributed by atoms with van der Waals surface area (Å²) in [5.74, 6) is 0.717. The van der Waals surface area contributed by atoms with Gasteiger partial charge in [0, 0.05) is 37.3 Å². The third kappa shape index (κ3) is 5.19. The average molecular weight is 362 g/mol. The first kappa shape index (κ1) is 19.1. The standard InChI is InChI=1S/C20H30N2O4/c1-20(2)15-24-13-11-22(20)10-9-21-19(23)16-5-7-17(8-6-16)26-14-18-4-3-12-25-18/h5-8,18H,3-4,9-15H2,1-2H3,(H,21,23). The maximum absolute atomic E-state index is 12.3. The van der Waals surface area contributed by atoms with Crippen molar-refractivity contribution in [3.8, 4) is 5.75 Å². The number of nitrogens with one attached hydrogen (secondary N) is 1. The van der Waals surface area contributed by atoms with E-state index in [1.807, 2.05) is 12.1 Å². The van der Waals surface area contributed by atoms with Crippen LogP contribution < -0.4 is 10.1 Å². The van der Waals surface area contributed by atoms with Crippen LogP contribution in [0, 0.1) is 0 Å². The predicted molar refractivity (Wildman–Crippen MR) is 99.7 cm³/mol. The minimum absolute atomic E-state index is 0.0188. The van der Waals surface area contributed by atoms with Gasteiger partial charge in [0.15, 0.2) is 0 Å². The zero-order chi connectivity index (χ0) is 18.4. The molecule has 144 valence electrons. The third-order valence-corrected chi connectivity index (χ3v) is 5.06. The second kappa shape index (κ2) is 8.84. The minimum Gasteiger partial charge on any atom is -0.491 e. The number of ether oxygens (including phenoxy) is 3. The van der Waals surface area contributed by atoms with Crippen LogP contribution >= 0.6 is 0 Å². The summed E-state index contributed by atoms with van der Waals surface area (Å²) in [5, 5.41) is 3.00. The first-order valence-corrected chi connectivity index (χ1v) is 9.50. The van der Waals surface area contributed by atoms with Gasteiger partial charge in [0.05, 0.1) is 19.3 Å². The van der Waals surface area contributed by atoms with Gasteiger partial charge in [-0.2, -0.15) is 0 Å². The van der Waals surface area contributed by atoms with Crippen molar-refractivity contribution in [3.05, 3.63) is 29.8 Å². The molecule has 1 aromatic carbocycles. The van der Waals surface area contributed by atoms with Crippen LogP contribution in [0.2, 0.25) is 0 Å². The van der Waals surface area contributed by atoms with Crippen molar-refractivity contribution in [1.29, 1.82) is 0 Å². The van der Waals surface area contributed by atoms with Crippen molar-refractivity contribution in [1.82, 2.24) is 10.2 Å². The Morgan fingerprint density at radius 2 is 2.12 bits per heavy atom. The molecule has 0 aromatic heterocycles. The maximum Gasteiger partial charge on any atom is 0.251 e. The van der Waals surface area contributed by atoms with Crippen molar-refractivity contribution >= 4 is 5.91 Å². The molecular weight excluding hydrogens is 332 g/mol. The summed E-state index contributed by atoms with van der Waals surface area (Å²) in [7, 11) is 0. The second-order valence-corrected chi connectivity index (χ2v) is 7.58. The summed E-state index contributed by atoms with van der Waals surface area (Å²) in [6, 6.07) is 7.29. The smallest absolute Gasteiger partial charge is 0.251 e. The molecule has 1 N–H and O–H groups in total. The van der Waals surface area contributed by atoms with Gasteiger partial charge in [-0.3, -0.25) is 9.69 Å². The molecule has 1 aromatic rings. The summed E-state index contributed by atoms with van der Waals surface area (Å²) in [5.41, 5.74) is 0.668. The number of benzene rings is 1. The highest BCUT2D eigenvalue weighted by Gasteiger charge is 2.29. The first-order chi connectivity index (χ1) is 12.5. The highest BCUT2D eigenvalue weighted by molar-refractivity contribution is 5.94. The highest BCUT2D eigenvalue weighted by atomic mass is 16.5. The van der Waals surface area contributed by atoms with E-state index >= 15 is 0 Å². The summed E-state index contributed by atoms with van der Waals surface area (Å²) < 4.78 is 16.8. The van der Waals surface area contributed by atoms with Crippen LogP contribution in [0.15, 0.2) is 24.3 Å². The first-order valence-electron chi connectivity index (χ1n) is 9.50.